The zero-order chi connectivity index (χ0) is 23.7. The van der Waals surface area contributed by atoms with Gasteiger partial charge in [-0.2, -0.15) is 0 Å². The quantitative estimate of drug-likeness (QED) is 0.184. The topological polar surface area (TPSA) is 52.6 Å². The maximum absolute atomic E-state index is 12.5. The number of carbonyl (C=O) groups is 2. The second-order valence-electron chi connectivity index (χ2n) is 8.38. The van der Waals surface area contributed by atoms with E-state index in [2.05, 4.69) is 6.92 Å². The molecule has 180 valence electrons. The first-order chi connectivity index (χ1) is 16.1. The average molecular weight is 473 g/mol. The van der Waals surface area contributed by atoms with Crippen LogP contribution in [0.4, 0.5) is 0 Å². The Morgan fingerprint density at radius 2 is 1.24 bits per heavy atom. The largest absolute Gasteiger partial charge is 0.462 e. The van der Waals surface area contributed by atoms with Crippen LogP contribution in [-0.2, 0) is 15.9 Å². The van der Waals surface area contributed by atoms with Gasteiger partial charge in [-0.1, -0.05) is 101 Å². The molecule has 0 unspecified atom stereocenters. The molecular weight excluding hydrogens is 436 g/mol. The van der Waals surface area contributed by atoms with Crippen molar-refractivity contribution in [3.63, 3.8) is 0 Å². The van der Waals surface area contributed by atoms with Crippen molar-refractivity contribution in [2.45, 2.75) is 77.6 Å². The number of rotatable bonds is 16. The molecule has 0 radical (unpaired) electrons. The predicted octanol–water partition coefficient (Wildman–Crippen LogP) is 7.82. The summed E-state index contributed by atoms with van der Waals surface area (Å²) in [5, 5.41) is 0.648. The van der Waals surface area contributed by atoms with Crippen LogP contribution in [0.15, 0.2) is 48.5 Å². The number of ether oxygens (including phenoxy) is 2. The Bertz CT molecular complexity index is 849. The van der Waals surface area contributed by atoms with E-state index in [4.69, 9.17) is 21.1 Å². The summed E-state index contributed by atoms with van der Waals surface area (Å²) in [6, 6.07) is 14.1. The maximum atomic E-state index is 12.5. The fourth-order valence-corrected chi connectivity index (χ4v) is 3.92. The van der Waals surface area contributed by atoms with Crippen LogP contribution in [0.5, 0.6) is 0 Å². The third-order valence-electron chi connectivity index (χ3n) is 5.61. The van der Waals surface area contributed by atoms with Gasteiger partial charge in [-0.3, -0.25) is 0 Å². The van der Waals surface area contributed by atoms with Crippen LogP contribution in [0.25, 0.3) is 0 Å². The Kier molecular flexibility index (Phi) is 13.3. The first kappa shape index (κ1) is 26.9. The molecule has 0 atom stereocenters. The fraction of sp³-hybridized carbons (Fsp3) is 0.500. The van der Waals surface area contributed by atoms with Crippen molar-refractivity contribution in [1.82, 2.24) is 0 Å². The van der Waals surface area contributed by atoms with Gasteiger partial charge in [0.05, 0.1) is 24.3 Å². The van der Waals surface area contributed by atoms with E-state index < -0.39 is 11.9 Å². The van der Waals surface area contributed by atoms with Crippen LogP contribution in [0.1, 0.15) is 97.4 Å². The minimum atomic E-state index is -0.525. The predicted molar refractivity (Wildman–Crippen MR) is 134 cm³/mol. The zero-order valence-electron chi connectivity index (χ0n) is 19.8. The SMILES string of the molecule is CCCCCCCCCCCCOC(=O)c1ccccc1C(=O)OCCc1cccc(Cl)c1. The van der Waals surface area contributed by atoms with Crippen molar-refractivity contribution in [3.05, 3.63) is 70.2 Å². The van der Waals surface area contributed by atoms with E-state index in [1.807, 2.05) is 18.2 Å². The van der Waals surface area contributed by atoms with Crippen LogP contribution in [0.3, 0.4) is 0 Å². The average Bonchev–Trinajstić information content (AvgIpc) is 2.82. The lowest BCUT2D eigenvalue weighted by molar-refractivity contribution is 0.0455. The second-order valence-corrected chi connectivity index (χ2v) is 8.82. The van der Waals surface area contributed by atoms with E-state index in [9.17, 15) is 9.59 Å². The van der Waals surface area contributed by atoms with Gasteiger partial charge < -0.3 is 9.47 Å². The molecule has 0 N–H and O–H groups in total. The summed E-state index contributed by atoms with van der Waals surface area (Å²) in [7, 11) is 0. The molecule has 0 saturated heterocycles. The van der Waals surface area contributed by atoms with Gasteiger partial charge in [0.25, 0.3) is 0 Å². The molecule has 0 aliphatic rings. The van der Waals surface area contributed by atoms with Gasteiger partial charge in [0.2, 0.25) is 0 Å². The number of unbranched alkanes of at least 4 members (excludes halogenated alkanes) is 9. The van der Waals surface area contributed by atoms with Crippen molar-refractivity contribution in [2.75, 3.05) is 13.2 Å². The number of esters is 2. The highest BCUT2D eigenvalue weighted by atomic mass is 35.5. The maximum Gasteiger partial charge on any atom is 0.339 e. The van der Waals surface area contributed by atoms with Gasteiger partial charge in [-0.25, -0.2) is 9.59 Å². The molecular formula is C28H37ClO4. The smallest absolute Gasteiger partial charge is 0.339 e. The molecule has 0 aliphatic heterocycles. The molecule has 0 aromatic heterocycles. The first-order valence-corrected chi connectivity index (χ1v) is 12.7. The van der Waals surface area contributed by atoms with Crippen LogP contribution in [0, 0.1) is 0 Å². The van der Waals surface area contributed by atoms with Crippen molar-refractivity contribution < 1.29 is 19.1 Å². The minimum Gasteiger partial charge on any atom is -0.462 e. The molecule has 0 saturated carbocycles. The molecule has 2 aromatic carbocycles. The van der Waals surface area contributed by atoms with E-state index >= 15 is 0 Å². The Morgan fingerprint density at radius 1 is 0.697 bits per heavy atom. The molecule has 0 aliphatic carbocycles. The number of halogens is 1. The van der Waals surface area contributed by atoms with E-state index in [0.29, 0.717) is 18.1 Å². The molecule has 2 rings (SSSR count). The minimum absolute atomic E-state index is 0.209. The van der Waals surface area contributed by atoms with Crippen LogP contribution in [-0.4, -0.2) is 25.2 Å². The lowest BCUT2D eigenvalue weighted by atomic mass is 10.1. The Hall–Kier alpha value is -2.33. The highest BCUT2D eigenvalue weighted by Crippen LogP contribution is 2.15. The third kappa shape index (κ3) is 10.9. The molecule has 0 spiro atoms. The van der Waals surface area contributed by atoms with E-state index in [1.54, 1.807) is 30.3 Å². The van der Waals surface area contributed by atoms with Crippen molar-refractivity contribution in [3.8, 4) is 0 Å². The van der Waals surface area contributed by atoms with Gasteiger partial charge in [0.15, 0.2) is 0 Å². The summed E-state index contributed by atoms with van der Waals surface area (Å²) in [6.45, 7) is 2.82. The van der Waals surface area contributed by atoms with E-state index in [-0.39, 0.29) is 17.7 Å². The van der Waals surface area contributed by atoms with Gasteiger partial charge in [0, 0.05) is 11.4 Å². The molecule has 4 nitrogen and oxygen atoms in total. The van der Waals surface area contributed by atoms with Crippen molar-refractivity contribution in [2.24, 2.45) is 0 Å². The molecule has 2 aromatic rings. The highest BCUT2D eigenvalue weighted by Gasteiger charge is 2.18. The third-order valence-corrected chi connectivity index (χ3v) is 5.85. The van der Waals surface area contributed by atoms with Gasteiger partial charge in [0.1, 0.15) is 0 Å². The summed E-state index contributed by atoms with van der Waals surface area (Å²) in [5.41, 5.74) is 1.47. The van der Waals surface area contributed by atoms with Crippen LogP contribution >= 0.6 is 11.6 Å². The number of hydrogen-bond acceptors (Lipinski definition) is 4. The molecule has 5 heteroatoms. The fourth-order valence-electron chi connectivity index (χ4n) is 3.70. The number of carbonyl (C=O) groups excluding carboxylic acids is 2. The summed E-state index contributed by atoms with van der Waals surface area (Å²) < 4.78 is 10.8. The molecule has 0 amide bonds. The summed E-state index contributed by atoms with van der Waals surface area (Å²) in [5.74, 6) is -1.00. The lowest BCUT2D eigenvalue weighted by Gasteiger charge is -2.10. The Morgan fingerprint density at radius 3 is 1.82 bits per heavy atom. The van der Waals surface area contributed by atoms with Crippen LogP contribution < -0.4 is 0 Å². The summed E-state index contributed by atoms with van der Waals surface area (Å²) >= 11 is 5.98. The zero-order valence-corrected chi connectivity index (χ0v) is 20.6. The normalized spacial score (nSPS) is 10.7. The van der Waals surface area contributed by atoms with Gasteiger partial charge in [-0.15, -0.1) is 0 Å². The number of hydrogen-bond donors (Lipinski definition) is 0. The molecule has 0 fully saturated rings. The van der Waals surface area contributed by atoms with Gasteiger partial charge in [-0.05, 0) is 36.2 Å². The first-order valence-electron chi connectivity index (χ1n) is 12.3. The molecule has 33 heavy (non-hydrogen) atoms. The van der Waals surface area contributed by atoms with Crippen molar-refractivity contribution >= 4 is 23.5 Å². The Labute approximate surface area is 203 Å². The summed E-state index contributed by atoms with van der Waals surface area (Å²) in [4.78, 5) is 25.0. The van der Waals surface area contributed by atoms with E-state index in [0.717, 1.165) is 18.4 Å². The second kappa shape index (κ2) is 16.3. The number of benzene rings is 2. The van der Waals surface area contributed by atoms with Gasteiger partial charge >= 0.3 is 11.9 Å². The van der Waals surface area contributed by atoms with Crippen molar-refractivity contribution in [1.29, 1.82) is 0 Å². The monoisotopic (exact) mass is 472 g/mol. The standard InChI is InChI=1S/C28H37ClO4/c1-2-3-4-5-6-7-8-9-10-13-20-32-27(30)25-17-11-12-18-26(25)28(31)33-21-19-23-15-14-16-24(29)22-23/h11-12,14-18,22H,2-10,13,19-21H2,1H3. The highest BCUT2D eigenvalue weighted by molar-refractivity contribution is 6.30. The Balaban J connectivity index is 1.67. The molecule has 0 heterocycles. The molecule has 0 bridgehead atoms. The lowest BCUT2D eigenvalue weighted by Crippen LogP contribution is -2.15. The summed E-state index contributed by atoms with van der Waals surface area (Å²) in [6.07, 6.45) is 12.8. The van der Waals surface area contributed by atoms with E-state index in [1.165, 1.54) is 51.4 Å². The van der Waals surface area contributed by atoms with Crippen LogP contribution in [0.2, 0.25) is 5.02 Å².